The van der Waals surface area contributed by atoms with Crippen molar-refractivity contribution >= 4 is 5.96 Å². The quantitative estimate of drug-likeness (QED) is 0.530. The standard InChI is InChI=1S/C12H22F3N3O/c1-2-16-11(17-7-6-12(13,14)15)18-8-9-4-3-5-10(9)19/h9-10,19H,2-8H2,1H3,(H2,16,17,18). The number of guanidine groups is 1. The number of alkyl halides is 3. The highest BCUT2D eigenvalue weighted by Gasteiger charge is 2.27. The second-order valence-corrected chi connectivity index (χ2v) is 4.77. The fourth-order valence-corrected chi connectivity index (χ4v) is 2.10. The van der Waals surface area contributed by atoms with Gasteiger partial charge in [0, 0.05) is 25.6 Å². The van der Waals surface area contributed by atoms with Crippen LogP contribution in [0.15, 0.2) is 4.99 Å². The number of halogens is 3. The lowest BCUT2D eigenvalue weighted by Gasteiger charge is -2.15. The Balaban J connectivity index is 2.37. The molecule has 1 aliphatic carbocycles. The Bertz CT molecular complexity index is 294. The molecule has 1 fully saturated rings. The zero-order valence-electron chi connectivity index (χ0n) is 11.1. The summed E-state index contributed by atoms with van der Waals surface area (Å²) in [6, 6.07) is 0. The van der Waals surface area contributed by atoms with Crippen LogP contribution in [-0.4, -0.2) is 43.0 Å². The van der Waals surface area contributed by atoms with Gasteiger partial charge in [-0.2, -0.15) is 13.2 Å². The number of aliphatic hydroxyl groups is 1. The highest BCUT2D eigenvalue weighted by Crippen LogP contribution is 2.25. The van der Waals surface area contributed by atoms with Crippen LogP contribution in [0.5, 0.6) is 0 Å². The van der Waals surface area contributed by atoms with Gasteiger partial charge in [-0.05, 0) is 19.8 Å². The lowest BCUT2D eigenvalue weighted by Crippen LogP contribution is -2.39. The summed E-state index contributed by atoms with van der Waals surface area (Å²) < 4.78 is 36.1. The Labute approximate surface area is 111 Å². The van der Waals surface area contributed by atoms with Crippen LogP contribution in [0.4, 0.5) is 13.2 Å². The van der Waals surface area contributed by atoms with Gasteiger partial charge in [-0.3, -0.25) is 4.99 Å². The van der Waals surface area contributed by atoms with Crippen molar-refractivity contribution in [1.82, 2.24) is 10.6 Å². The second kappa shape index (κ2) is 7.57. The fourth-order valence-electron chi connectivity index (χ4n) is 2.10. The van der Waals surface area contributed by atoms with E-state index >= 15 is 0 Å². The van der Waals surface area contributed by atoms with Gasteiger partial charge in [0.05, 0.1) is 12.5 Å². The van der Waals surface area contributed by atoms with Gasteiger partial charge in [0.15, 0.2) is 5.96 Å². The van der Waals surface area contributed by atoms with Gasteiger partial charge in [-0.15, -0.1) is 0 Å². The van der Waals surface area contributed by atoms with Crippen molar-refractivity contribution in [2.45, 2.75) is 44.9 Å². The summed E-state index contributed by atoms with van der Waals surface area (Å²) in [5.41, 5.74) is 0. The van der Waals surface area contributed by atoms with Crippen molar-refractivity contribution in [2.24, 2.45) is 10.9 Å². The minimum atomic E-state index is -4.16. The number of hydrogen-bond donors (Lipinski definition) is 3. The van der Waals surface area contributed by atoms with Crippen LogP contribution in [0.3, 0.4) is 0 Å². The van der Waals surface area contributed by atoms with Crippen LogP contribution >= 0.6 is 0 Å². The van der Waals surface area contributed by atoms with E-state index in [0.717, 1.165) is 19.3 Å². The van der Waals surface area contributed by atoms with E-state index in [4.69, 9.17) is 0 Å². The maximum Gasteiger partial charge on any atom is 0.390 e. The van der Waals surface area contributed by atoms with E-state index < -0.39 is 12.6 Å². The highest BCUT2D eigenvalue weighted by molar-refractivity contribution is 5.79. The van der Waals surface area contributed by atoms with Gasteiger partial charge in [0.1, 0.15) is 0 Å². The van der Waals surface area contributed by atoms with E-state index in [1.54, 1.807) is 0 Å². The smallest absolute Gasteiger partial charge is 0.390 e. The van der Waals surface area contributed by atoms with Gasteiger partial charge in [-0.1, -0.05) is 6.42 Å². The Hall–Kier alpha value is -0.980. The molecular formula is C12H22F3N3O. The topological polar surface area (TPSA) is 56.7 Å². The van der Waals surface area contributed by atoms with Crippen molar-refractivity contribution in [1.29, 1.82) is 0 Å². The largest absolute Gasteiger partial charge is 0.393 e. The summed E-state index contributed by atoms with van der Waals surface area (Å²) in [6.07, 6.45) is -2.68. The molecule has 2 unspecified atom stereocenters. The SMILES string of the molecule is CCNC(=NCC1CCCC1O)NCCC(F)(F)F. The summed E-state index contributed by atoms with van der Waals surface area (Å²) in [6.45, 7) is 2.70. The number of nitrogens with zero attached hydrogens (tertiary/aromatic N) is 1. The molecule has 0 aromatic carbocycles. The molecule has 112 valence electrons. The predicted octanol–water partition coefficient (Wildman–Crippen LogP) is 1.65. The summed E-state index contributed by atoms with van der Waals surface area (Å²) in [5, 5.41) is 15.2. The van der Waals surface area contributed by atoms with Gasteiger partial charge in [0.25, 0.3) is 0 Å². The van der Waals surface area contributed by atoms with E-state index in [-0.39, 0.29) is 18.6 Å². The Morgan fingerprint density at radius 2 is 2.05 bits per heavy atom. The van der Waals surface area contributed by atoms with E-state index in [9.17, 15) is 18.3 Å². The monoisotopic (exact) mass is 281 g/mol. The first kappa shape index (κ1) is 16.1. The minimum absolute atomic E-state index is 0.123. The predicted molar refractivity (Wildman–Crippen MR) is 68.0 cm³/mol. The van der Waals surface area contributed by atoms with Gasteiger partial charge < -0.3 is 15.7 Å². The molecule has 1 saturated carbocycles. The molecule has 0 bridgehead atoms. The Morgan fingerprint density at radius 3 is 2.58 bits per heavy atom. The van der Waals surface area contributed by atoms with E-state index in [2.05, 4.69) is 15.6 Å². The third-order valence-corrected chi connectivity index (χ3v) is 3.15. The molecule has 7 heteroatoms. The molecule has 0 radical (unpaired) electrons. The second-order valence-electron chi connectivity index (χ2n) is 4.77. The molecule has 19 heavy (non-hydrogen) atoms. The first-order valence-electron chi connectivity index (χ1n) is 6.69. The lowest BCUT2D eigenvalue weighted by molar-refractivity contribution is -0.132. The number of nitrogens with one attached hydrogen (secondary N) is 2. The molecule has 3 N–H and O–H groups in total. The number of rotatable bonds is 5. The average molecular weight is 281 g/mol. The summed E-state index contributed by atoms with van der Waals surface area (Å²) in [7, 11) is 0. The molecule has 0 amide bonds. The van der Waals surface area contributed by atoms with Crippen LogP contribution in [0.25, 0.3) is 0 Å². The van der Waals surface area contributed by atoms with Crippen LogP contribution in [0.1, 0.15) is 32.6 Å². The van der Waals surface area contributed by atoms with E-state index in [0.29, 0.717) is 19.0 Å². The highest BCUT2D eigenvalue weighted by atomic mass is 19.4. The normalized spacial score (nSPS) is 24.6. The zero-order valence-corrected chi connectivity index (χ0v) is 11.1. The van der Waals surface area contributed by atoms with Crippen molar-refractivity contribution in [3.05, 3.63) is 0 Å². The maximum atomic E-state index is 12.0. The van der Waals surface area contributed by atoms with E-state index in [1.807, 2.05) is 6.92 Å². The first-order valence-corrected chi connectivity index (χ1v) is 6.69. The molecule has 0 saturated heterocycles. The molecule has 1 rings (SSSR count). The summed E-state index contributed by atoms with van der Waals surface area (Å²) >= 11 is 0. The lowest BCUT2D eigenvalue weighted by atomic mass is 10.1. The van der Waals surface area contributed by atoms with Crippen LogP contribution in [0.2, 0.25) is 0 Å². The maximum absolute atomic E-state index is 12.0. The number of aliphatic hydroxyl groups excluding tert-OH is 1. The molecule has 0 aromatic rings. The Morgan fingerprint density at radius 1 is 1.32 bits per heavy atom. The Kier molecular flexibility index (Phi) is 6.41. The first-order chi connectivity index (χ1) is 8.92. The molecule has 4 nitrogen and oxygen atoms in total. The average Bonchev–Trinajstić information content (AvgIpc) is 2.70. The minimum Gasteiger partial charge on any atom is -0.393 e. The van der Waals surface area contributed by atoms with Crippen molar-refractivity contribution < 1.29 is 18.3 Å². The molecular weight excluding hydrogens is 259 g/mol. The molecule has 0 heterocycles. The van der Waals surface area contributed by atoms with E-state index in [1.165, 1.54) is 0 Å². The molecule has 0 aliphatic heterocycles. The fraction of sp³-hybridized carbons (Fsp3) is 0.917. The molecule has 0 spiro atoms. The van der Waals surface area contributed by atoms with Gasteiger partial charge >= 0.3 is 6.18 Å². The van der Waals surface area contributed by atoms with Crippen molar-refractivity contribution in [3.63, 3.8) is 0 Å². The van der Waals surface area contributed by atoms with Crippen LogP contribution in [0, 0.1) is 5.92 Å². The van der Waals surface area contributed by atoms with Gasteiger partial charge in [0.2, 0.25) is 0 Å². The van der Waals surface area contributed by atoms with Gasteiger partial charge in [-0.25, -0.2) is 0 Å². The number of aliphatic imine (C=N–C) groups is 1. The van der Waals surface area contributed by atoms with Crippen molar-refractivity contribution in [2.75, 3.05) is 19.6 Å². The zero-order chi connectivity index (χ0) is 14.3. The summed E-state index contributed by atoms with van der Waals surface area (Å²) in [5.74, 6) is 0.504. The van der Waals surface area contributed by atoms with Crippen LogP contribution < -0.4 is 10.6 Å². The van der Waals surface area contributed by atoms with Crippen molar-refractivity contribution in [3.8, 4) is 0 Å². The van der Waals surface area contributed by atoms with Crippen LogP contribution in [-0.2, 0) is 0 Å². The molecule has 2 atom stereocenters. The number of hydrogen-bond acceptors (Lipinski definition) is 2. The molecule has 1 aliphatic rings. The third-order valence-electron chi connectivity index (χ3n) is 3.15. The summed E-state index contributed by atoms with van der Waals surface area (Å²) in [4.78, 5) is 4.23. The molecule has 0 aromatic heterocycles. The third kappa shape index (κ3) is 6.66.